The number of rotatable bonds is 3. The summed E-state index contributed by atoms with van der Waals surface area (Å²) in [4.78, 5) is 0. The zero-order valence-corrected chi connectivity index (χ0v) is 9.39. The van der Waals surface area contributed by atoms with E-state index in [1.807, 2.05) is 24.3 Å². The topological polar surface area (TPSA) is 72.3 Å². The summed E-state index contributed by atoms with van der Waals surface area (Å²) in [7, 11) is 0. The van der Waals surface area contributed by atoms with Gasteiger partial charge in [0.25, 0.3) is 0 Å². The van der Waals surface area contributed by atoms with Crippen LogP contribution in [0.2, 0.25) is 0 Å². The maximum absolute atomic E-state index is 9.83. The highest BCUT2D eigenvalue weighted by molar-refractivity contribution is 5.71. The van der Waals surface area contributed by atoms with E-state index < -0.39 is 5.60 Å². The average molecular weight is 230 g/mol. The average Bonchev–Trinajstić information content (AvgIpc) is 2.87. The van der Waals surface area contributed by atoms with E-state index in [0.717, 1.165) is 36.0 Å². The minimum Gasteiger partial charge on any atom is -0.390 e. The summed E-state index contributed by atoms with van der Waals surface area (Å²) in [6.45, 7) is 0. The van der Waals surface area contributed by atoms with Gasteiger partial charge in [0.15, 0.2) is 0 Å². The fourth-order valence-electron chi connectivity index (χ4n) is 1.97. The van der Waals surface area contributed by atoms with Gasteiger partial charge in [0, 0.05) is 6.42 Å². The second-order valence-electron chi connectivity index (χ2n) is 4.70. The highest BCUT2D eigenvalue weighted by Crippen LogP contribution is 2.38. The van der Waals surface area contributed by atoms with E-state index in [1.165, 1.54) is 0 Å². The molecule has 0 unspecified atom stereocenters. The minimum absolute atomic E-state index is 0.332. The maximum Gasteiger partial charge on any atom is 0.229 e. The Morgan fingerprint density at radius 1 is 1.29 bits per heavy atom. The van der Waals surface area contributed by atoms with Gasteiger partial charge in [0.1, 0.15) is 0 Å². The number of aliphatic hydroxyl groups is 1. The molecule has 4 nitrogen and oxygen atoms in total. The van der Waals surface area contributed by atoms with Crippen LogP contribution < -0.4 is 5.73 Å². The van der Waals surface area contributed by atoms with E-state index in [-0.39, 0.29) is 0 Å². The van der Waals surface area contributed by atoms with E-state index >= 15 is 0 Å². The number of nitrogens with zero attached hydrogens (tertiary/aromatic N) is 1. The van der Waals surface area contributed by atoms with Crippen molar-refractivity contribution in [3.05, 3.63) is 36.0 Å². The van der Waals surface area contributed by atoms with Crippen LogP contribution in [0.5, 0.6) is 0 Å². The SMILES string of the molecule is Nc1oncc1-c1ccc(CC2(O)CC2)cc1. The van der Waals surface area contributed by atoms with Gasteiger partial charge in [-0.1, -0.05) is 29.4 Å². The van der Waals surface area contributed by atoms with E-state index in [0.29, 0.717) is 5.88 Å². The van der Waals surface area contributed by atoms with Crippen LogP contribution in [-0.4, -0.2) is 15.9 Å². The van der Waals surface area contributed by atoms with Gasteiger partial charge in [-0.3, -0.25) is 0 Å². The van der Waals surface area contributed by atoms with Crippen molar-refractivity contribution in [3.8, 4) is 11.1 Å². The van der Waals surface area contributed by atoms with Gasteiger partial charge in [-0.25, -0.2) is 0 Å². The van der Waals surface area contributed by atoms with Crippen molar-refractivity contribution in [1.29, 1.82) is 0 Å². The highest BCUT2D eigenvalue weighted by Gasteiger charge is 2.39. The fraction of sp³-hybridized carbons (Fsp3) is 0.308. The zero-order valence-electron chi connectivity index (χ0n) is 9.39. The van der Waals surface area contributed by atoms with Gasteiger partial charge < -0.3 is 15.4 Å². The van der Waals surface area contributed by atoms with Crippen molar-refractivity contribution >= 4 is 5.88 Å². The molecule has 1 fully saturated rings. The number of nitrogen functional groups attached to an aromatic ring is 1. The minimum atomic E-state index is -0.447. The van der Waals surface area contributed by atoms with Gasteiger partial charge >= 0.3 is 0 Å². The molecule has 1 aromatic carbocycles. The van der Waals surface area contributed by atoms with E-state index in [2.05, 4.69) is 5.16 Å². The lowest BCUT2D eigenvalue weighted by Gasteiger charge is -2.07. The Bertz CT molecular complexity index is 527. The maximum atomic E-state index is 9.83. The number of nitrogens with two attached hydrogens (primary N) is 1. The number of benzene rings is 1. The zero-order chi connectivity index (χ0) is 11.9. The van der Waals surface area contributed by atoms with Crippen LogP contribution in [0.25, 0.3) is 11.1 Å². The first-order chi connectivity index (χ1) is 8.16. The van der Waals surface area contributed by atoms with Crippen molar-refractivity contribution in [1.82, 2.24) is 5.16 Å². The standard InChI is InChI=1S/C13H14N2O2/c14-12-11(8-15-17-12)10-3-1-9(2-4-10)7-13(16)5-6-13/h1-4,8,16H,5-7,14H2. The van der Waals surface area contributed by atoms with E-state index in [4.69, 9.17) is 10.3 Å². The first-order valence-electron chi connectivity index (χ1n) is 5.68. The first-order valence-corrected chi connectivity index (χ1v) is 5.68. The van der Waals surface area contributed by atoms with E-state index in [1.54, 1.807) is 6.20 Å². The van der Waals surface area contributed by atoms with Crippen LogP contribution in [0.4, 0.5) is 5.88 Å². The molecule has 0 bridgehead atoms. The lowest BCUT2D eigenvalue weighted by Crippen LogP contribution is -2.10. The number of hydrogen-bond acceptors (Lipinski definition) is 4. The molecule has 0 amide bonds. The molecule has 0 saturated heterocycles. The van der Waals surface area contributed by atoms with Crippen molar-refractivity contribution < 1.29 is 9.63 Å². The molecule has 88 valence electrons. The summed E-state index contributed by atoms with van der Waals surface area (Å²) in [5.41, 5.74) is 8.14. The number of hydrogen-bond donors (Lipinski definition) is 2. The summed E-state index contributed by atoms with van der Waals surface area (Å²) in [5, 5.41) is 13.5. The largest absolute Gasteiger partial charge is 0.390 e. The molecule has 0 spiro atoms. The molecule has 1 aliphatic rings. The Morgan fingerprint density at radius 2 is 2.00 bits per heavy atom. The smallest absolute Gasteiger partial charge is 0.229 e. The van der Waals surface area contributed by atoms with Crippen molar-refractivity contribution in [3.63, 3.8) is 0 Å². The molecule has 0 atom stereocenters. The number of aromatic nitrogens is 1. The molecule has 2 aromatic rings. The molecule has 3 N–H and O–H groups in total. The van der Waals surface area contributed by atoms with Crippen LogP contribution >= 0.6 is 0 Å². The Balaban J connectivity index is 1.83. The Labute approximate surface area is 99.0 Å². The van der Waals surface area contributed by atoms with Crippen LogP contribution in [0.1, 0.15) is 18.4 Å². The predicted molar refractivity (Wildman–Crippen MR) is 64.2 cm³/mol. The van der Waals surface area contributed by atoms with Gasteiger partial charge in [-0.15, -0.1) is 0 Å². The Morgan fingerprint density at radius 3 is 2.53 bits per heavy atom. The summed E-state index contributed by atoms with van der Waals surface area (Å²) < 4.78 is 4.83. The monoisotopic (exact) mass is 230 g/mol. The Hall–Kier alpha value is -1.81. The summed E-state index contributed by atoms with van der Waals surface area (Å²) in [5.74, 6) is 0.332. The molecule has 1 heterocycles. The molecule has 0 radical (unpaired) electrons. The highest BCUT2D eigenvalue weighted by atomic mass is 16.5. The van der Waals surface area contributed by atoms with Crippen molar-refractivity contribution in [2.75, 3.05) is 5.73 Å². The third kappa shape index (κ3) is 2.03. The van der Waals surface area contributed by atoms with E-state index in [9.17, 15) is 5.11 Å². The molecular weight excluding hydrogens is 216 g/mol. The number of anilines is 1. The normalized spacial score (nSPS) is 17.0. The molecular formula is C13H14N2O2. The predicted octanol–water partition coefficient (Wildman–Crippen LogP) is 1.99. The van der Waals surface area contributed by atoms with Crippen molar-refractivity contribution in [2.45, 2.75) is 24.9 Å². The Kier molecular flexibility index (Phi) is 2.19. The lowest BCUT2D eigenvalue weighted by atomic mass is 10.0. The van der Waals surface area contributed by atoms with Crippen LogP contribution in [0.15, 0.2) is 35.0 Å². The summed E-state index contributed by atoms with van der Waals surface area (Å²) in [6.07, 6.45) is 4.16. The third-order valence-corrected chi connectivity index (χ3v) is 3.22. The molecule has 0 aliphatic heterocycles. The third-order valence-electron chi connectivity index (χ3n) is 3.22. The van der Waals surface area contributed by atoms with Gasteiger partial charge in [0.05, 0.1) is 17.4 Å². The molecule has 1 saturated carbocycles. The molecule has 3 rings (SSSR count). The molecule has 17 heavy (non-hydrogen) atoms. The van der Waals surface area contributed by atoms with Crippen LogP contribution in [0.3, 0.4) is 0 Å². The lowest BCUT2D eigenvalue weighted by molar-refractivity contribution is 0.151. The van der Waals surface area contributed by atoms with Crippen LogP contribution in [0, 0.1) is 0 Å². The second kappa shape index (κ2) is 3.60. The summed E-state index contributed by atoms with van der Waals surface area (Å²) in [6, 6.07) is 7.98. The molecule has 1 aromatic heterocycles. The van der Waals surface area contributed by atoms with Gasteiger partial charge in [-0.2, -0.15) is 0 Å². The fourth-order valence-corrected chi connectivity index (χ4v) is 1.97. The van der Waals surface area contributed by atoms with Gasteiger partial charge in [-0.05, 0) is 24.0 Å². The second-order valence-corrected chi connectivity index (χ2v) is 4.70. The van der Waals surface area contributed by atoms with Crippen molar-refractivity contribution in [2.24, 2.45) is 0 Å². The van der Waals surface area contributed by atoms with Gasteiger partial charge in [0.2, 0.25) is 5.88 Å². The molecule has 4 heteroatoms. The molecule has 1 aliphatic carbocycles. The summed E-state index contributed by atoms with van der Waals surface area (Å²) >= 11 is 0. The first kappa shape index (κ1) is 10.4. The van der Waals surface area contributed by atoms with Crippen LogP contribution in [-0.2, 0) is 6.42 Å². The quantitative estimate of drug-likeness (QED) is 0.845.